The fourth-order valence-electron chi connectivity index (χ4n) is 1.84. The molecule has 0 aliphatic heterocycles. The van der Waals surface area contributed by atoms with Crippen LogP contribution in [0, 0.1) is 5.82 Å². The highest BCUT2D eigenvalue weighted by Gasteiger charge is 2.16. The van der Waals surface area contributed by atoms with E-state index in [2.05, 4.69) is 0 Å². The summed E-state index contributed by atoms with van der Waals surface area (Å²) >= 11 is 0. The Morgan fingerprint density at radius 2 is 1.89 bits per heavy atom. The van der Waals surface area contributed by atoms with Crippen molar-refractivity contribution in [1.29, 1.82) is 0 Å². The molecule has 4 heteroatoms. The first-order chi connectivity index (χ1) is 9.08. The van der Waals surface area contributed by atoms with Gasteiger partial charge < -0.3 is 10.6 Å². The minimum absolute atomic E-state index is 0.00145. The van der Waals surface area contributed by atoms with Gasteiger partial charge in [-0.1, -0.05) is 30.3 Å². The molecule has 1 amide bonds. The van der Waals surface area contributed by atoms with Gasteiger partial charge in [0, 0.05) is 19.3 Å². The van der Waals surface area contributed by atoms with Gasteiger partial charge in [0.05, 0.1) is 5.56 Å². The molecule has 2 aromatic carbocycles. The predicted octanol–water partition coefficient (Wildman–Crippen LogP) is 2.68. The second kappa shape index (κ2) is 5.52. The molecule has 98 valence electrons. The monoisotopic (exact) mass is 258 g/mol. The van der Waals surface area contributed by atoms with Crippen LogP contribution in [0.25, 0.3) is 0 Å². The van der Waals surface area contributed by atoms with Crippen LogP contribution in [-0.2, 0) is 6.54 Å². The minimum atomic E-state index is -0.556. The second-order valence-corrected chi connectivity index (χ2v) is 4.39. The number of anilines is 1. The van der Waals surface area contributed by atoms with Gasteiger partial charge in [-0.15, -0.1) is 0 Å². The number of nitrogen functional groups attached to an aromatic ring is 1. The summed E-state index contributed by atoms with van der Waals surface area (Å²) in [6.07, 6.45) is 0. The van der Waals surface area contributed by atoms with Gasteiger partial charge in [0.2, 0.25) is 0 Å². The van der Waals surface area contributed by atoms with Crippen molar-refractivity contribution in [3.05, 3.63) is 65.5 Å². The second-order valence-electron chi connectivity index (χ2n) is 4.39. The van der Waals surface area contributed by atoms with E-state index in [-0.39, 0.29) is 11.5 Å². The highest BCUT2D eigenvalue weighted by molar-refractivity contribution is 5.95. The third-order valence-electron chi connectivity index (χ3n) is 2.83. The number of carbonyl (C=O) groups excluding carboxylic acids is 1. The fraction of sp³-hybridized carbons (Fsp3) is 0.133. The van der Waals surface area contributed by atoms with Crippen LogP contribution in [0.4, 0.5) is 10.1 Å². The van der Waals surface area contributed by atoms with E-state index in [1.54, 1.807) is 7.05 Å². The molecule has 0 unspecified atom stereocenters. The topological polar surface area (TPSA) is 46.3 Å². The van der Waals surface area contributed by atoms with Gasteiger partial charge in [-0.2, -0.15) is 0 Å². The number of benzene rings is 2. The normalized spacial score (nSPS) is 10.2. The summed E-state index contributed by atoms with van der Waals surface area (Å²) in [7, 11) is 1.64. The lowest BCUT2D eigenvalue weighted by Crippen LogP contribution is -2.27. The van der Waals surface area contributed by atoms with Crippen LogP contribution in [0.1, 0.15) is 15.9 Å². The van der Waals surface area contributed by atoms with Crippen molar-refractivity contribution in [3.8, 4) is 0 Å². The lowest BCUT2D eigenvalue weighted by atomic mass is 10.1. The molecule has 0 aromatic heterocycles. The number of amides is 1. The first-order valence-corrected chi connectivity index (χ1v) is 5.92. The lowest BCUT2D eigenvalue weighted by molar-refractivity contribution is 0.0780. The van der Waals surface area contributed by atoms with E-state index in [4.69, 9.17) is 5.73 Å². The van der Waals surface area contributed by atoms with Crippen molar-refractivity contribution >= 4 is 11.6 Å². The molecule has 0 spiro atoms. The summed E-state index contributed by atoms with van der Waals surface area (Å²) in [6, 6.07) is 13.5. The standard InChI is InChI=1S/C15H15FN2O/c1-18(10-11-5-3-2-4-6-11)15(19)13-9-12(17)7-8-14(13)16/h2-9H,10,17H2,1H3. The summed E-state index contributed by atoms with van der Waals surface area (Å²) in [5.74, 6) is -0.937. The molecule has 0 heterocycles. The van der Waals surface area contributed by atoms with Crippen molar-refractivity contribution in [2.45, 2.75) is 6.54 Å². The van der Waals surface area contributed by atoms with Crippen molar-refractivity contribution in [2.75, 3.05) is 12.8 Å². The first-order valence-electron chi connectivity index (χ1n) is 5.92. The van der Waals surface area contributed by atoms with E-state index in [1.807, 2.05) is 30.3 Å². The third kappa shape index (κ3) is 3.10. The first kappa shape index (κ1) is 13.1. The highest BCUT2D eigenvalue weighted by Crippen LogP contribution is 2.15. The average Bonchev–Trinajstić information content (AvgIpc) is 2.42. The van der Waals surface area contributed by atoms with Crippen LogP contribution in [-0.4, -0.2) is 17.9 Å². The lowest BCUT2D eigenvalue weighted by Gasteiger charge is -2.18. The Labute approximate surface area is 111 Å². The zero-order valence-electron chi connectivity index (χ0n) is 10.6. The Hall–Kier alpha value is -2.36. The number of carbonyl (C=O) groups is 1. The average molecular weight is 258 g/mol. The van der Waals surface area contributed by atoms with Gasteiger partial charge in [0.25, 0.3) is 5.91 Å². The maximum Gasteiger partial charge on any atom is 0.256 e. The van der Waals surface area contributed by atoms with Crippen LogP contribution in [0.3, 0.4) is 0 Å². The number of nitrogens with zero attached hydrogens (tertiary/aromatic N) is 1. The minimum Gasteiger partial charge on any atom is -0.399 e. The van der Waals surface area contributed by atoms with Gasteiger partial charge in [-0.05, 0) is 23.8 Å². The summed E-state index contributed by atoms with van der Waals surface area (Å²) in [5.41, 5.74) is 6.94. The molecule has 0 saturated carbocycles. The van der Waals surface area contributed by atoms with Crippen LogP contribution >= 0.6 is 0 Å². The summed E-state index contributed by atoms with van der Waals surface area (Å²) < 4.78 is 13.6. The molecule has 2 rings (SSSR count). The largest absolute Gasteiger partial charge is 0.399 e. The Bertz CT molecular complexity index is 584. The Morgan fingerprint density at radius 3 is 2.58 bits per heavy atom. The molecule has 3 nitrogen and oxygen atoms in total. The quantitative estimate of drug-likeness (QED) is 0.860. The maximum absolute atomic E-state index is 13.6. The Balaban J connectivity index is 2.17. The van der Waals surface area contributed by atoms with E-state index in [0.717, 1.165) is 5.56 Å². The predicted molar refractivity (Wildman–Crippen MR) is 73.1 cm³/mol. The number of nitrogens with two attached hydrogens (primary N) is 1. The van der Waals surface area contributed by atoms with E-state index >= 15 is 0 Å². The van der Waals surface area contributed by atoms with Gasteiger partial charge in [0.15, 0.2) is 0 Å². The Kier molecular flexibility index (Phi) is 3.80. The number of hydrogen-bond acceptors (Lipinski definition) is 2. The van der Waals surface area contributed by atoms with Crippen molar-refractivity contribution in [3.63, 3.8) is 0 Å². The Morgan fingerprint density at radius 1 is 1.21 bits per heavy atom. The molecule has 0 saturated heterocycles. The van der Waals surface area contributed by atoms with E-state index in [9.17, 15) is 9.18 Å². The molecule has 0 radical (unpaired) electrons. The van der Waals surface area contributed by atoms with E-state index in [1.165, 1.54) is 23.1 Å². The molecular formula is C15H15FN2O. The number of halogens is 1. The fourth-order valence-corrected chi connectivity index (χ4v) is 1.84. The van der Waals surface area contributed by atoms with E-state index < -0.39 is 5.82 Å². The van der Waals surface area contributed by atoms with E-state index in [0.29, 0.717) is 12.2 Å². The third-order valence-corrected chi connectivity index (χ3v) is 2.83. The van der Waals surface area contributed by atoms with Gasteiger partial charge >= 0.3 is 0 Å². The molecular weight excluding hydrogens is 243 g/mol. The molecule has 2 N–H and O–H groups in total. The van der Waals surface area contributed by atoms with Crippen LogP contribution < -0.4 is 5.73 Å². The SMILES string of the molecule is CN(Cc1ccccc1)C(=O)c1cc(N)ccc1F. The summed E-state index contributed by atoms with van der Waals surface area (Å²) in [5, 5.41) is 0. The molecule has 0 atom stereocenters. The molecule has 2 aromatic rings. The van der Waals surface area contributed by atoms with Gasteiger partial charge in [-0.3, -0.25) is 4.79 Å². The maximum atomic E-state index is 13.6. The summed E-state index contributed by atoms with van der Waals surface area (Å²) in [4.78, 5) is 13.6. The highest BCUT2D eigenvalue weighted by atomic mass is 19.1. The number of hydrogen-bond donors (Lipinski definition) is 1. The zero-order valence-corrected chi connectivity index (χ0v) is 10.6. The van der Waals surface area contributed by atoms with Crippen LogP contribution in [0.2, 0.25) is 0 Å². The van der Waals surface area contributed by atoms with Crippen molar-refractivity contribution in [1.82, 2.24) is 4.90 Å². The zero-order chi connectivity index (χ0) is 13.8. The van der Waals surface area contributed by atoms with Gasteiger partial charge in [-0.25, -0.2) is 4.39 Å². The number of rotatable bonds is 3. The molecule has 0 aliphatic rings. The molecule has 0 bridgehead atoms. The van der Waals surface area contributed by atoms with Crippen LogP contribution in [0.5, 0.6) is 0 Å². The summed E-state index contributed by atoms with van der Waals surface area (Å²) in [6.45, 7) is 0.425. The van der Waals surface area contributed by atoms with Gasteiger partial charge in [0.1, 0.15) is 5.82 Å². The van der Waals surface area contributed by atoms with Crippen molar-refractivity contribution < 1.29 is 9.18 Å². The molecule has 0 aliphatic carbocycles. The molecule has 19 heavy (non-hydrogen) atoms. The smallest absolute Gasteiger partial charge is 0.256 e. The van der Waals surface area contributed by atoms with Crippen molar-refractivity contribution in [2.24, 2.45) is 0 Å². The van der Waals surface area contributed by atoms with Crippen LogP contribution in [0.15, 0.2) is 48.5 Å². The molecule has 0 fully saturated rings.